The van der Waals surface area contributed by atoms with Crippen molar-refractivity contribution >= 4 is 22.4 Å². The van der Waals surface area contributed by atoms with Crippen molar-refractivity contribution < 1.29 is 4.79 Å². The zero-order valence-corrected chi connectivity index (χ0v) is 14.9. The third-order valence-corrected chi connectivity index (χ3v) is 4.38. The van der Waals surface area contributed by atoms with Crippen molar-refractivity contribution in [2.24, 2.45) is 0 Å². The van der Waals surface area contributed by atoms with E-state index in [0.29, 0.717) is 13.1 Å². The second-order valence-corrected chi connectivity index (χ2v) is 6.29. The quantitative estimate of drug-likeness (QED) is 0.671. The zero-order valence-electron chi connectivity index (χ0n) is 14.9. The van der Waals surface area contributed by atoms with Crippen LogP contribution in [-0.2, 0) is 11.3 Å². The Bertz CT molecular complexity index is 840. The first-order valence-electron chi connectivity index (χ1n) is 8.69. The summed E-state index contributed by atoms with van der Waals surface area (Å²) in [6, 6.07) is 24.6. The lowest BCUT2D eigenvalue weighted by Gasteiger charge is -2.25. The molecule has 0 aliphatic rings. The normalized spacial score (nSPS) is 11.0. The third kappa shape index (κ3) is 4.06. The molecule has 3 nitrogen and oxygen atoms in total. The lowest BCUT2D eigenvalue weighted by atomic mass is 10.1. The molecule has 0 bridgehead atoms. The molecular formula is C22H24N2O. The first kappa shape index (κ1) is 17.2. The Morgan fingerprint density at radius 3 is 2.32 bits per heavy atom. The van der Waals surface area contributed by atoms with Gasteiger partial charge < -0.3 is 4.90 Å². The van der Waals surface area contributed by atoms with E-state index >= 15 is 0 Å². The highest BCUT2D eigenvalue weighted by Crippen LogP contribution is 2.26. The molecule has 0 saturated carbocycles. The number of hydrogen-bond donors (Lipinski definition) is 0. The molecule has 0 saturated heterocycles. The molecule has 0 atom stereocenters. The molecule has 0 aromatic heterocycles. The molecule has 0 fully saturated rings. The number of amides is 1. The van der Waals surface area contributed by atoms with Crippen molar-refractivity contribution in [3.8, 4) is 0 Å². The Kier molecular flexibility index (Phi) is 5.46. The van der Waals surface area contributed by atoms with Crippen LogP contribution < -0.4 is 4.90 Å². The van der Waals surface area contributed by atoms with Crippen LogP contribution in [0.1, 0.15) is 12.5 Å². The highest BCUT2D eigenvalue weighted by molar-refractivity contribution is 6.04. The maximum Gasteiger partial charge on any atom is 0.241 e. The summed E-state index contributed by atoms with van der Waals surface area (Å²) < 4.78 is 0. The molecule has 0 aliphatic carbocycles. The minimum Gasteiger partial charge on any atom is -0.311 e. The smallest absolute Gasteiger partial charge is 0.241 e. The summed E-state index contributed by atoms with van der Waals surface area (Å²) in [5.74, 6) is 0.122. The van der Waals surface area contributed by atoms with Gasteiger partial charge in [-0.1, -0.05) is 66.7 Å². The molecule has 0 aliphatic heterocycles. The lowest BCUT2D eigenvalue weighted by molar-refractivity contribution is -0.119. The van der Waals surface area contributed by atoms with E-state index in [1.54, 1.807) is 0 Å². The number of hydrogen-bond acceptors (Lipinski definition) is 2. The zero-order chi connectivity index (χ0) is 17.6. The Balaban J connectivity index is 1.77. The summed E-state index contributed by atoms with van der Waals surface area (Å²) in [6.07, 6.45) is 0. The highest BCUT2D eigenvalue weighted by atomic mass is 16.2. The molecular weight excluding hydrogens is 308 g/mol. The molecule has 0 N–H and O–H groups in total. The number of benzene rings is 3. The maximum atomic E-state index is 12.9. The molecule has 3 rings (SSSR count). The van der Waals surface area contributed by atoms with Gasteiger partial charge in [-0.25, -0.2) is 0 Å². The van der Waals surface area contributed by atoms with Crippen molar-refractivity contribution in [1.29, 1.82) is 0 Å². The summed E-state index contributed by atoms with van der Waals surface area (Å²) in [7, 11) is 1.99. The summed E-state index contributed by atoms with van der Waals surface area (Å²) in [5.41, 5.74) is 2.20. The number of fused-ring (bicyclic) bond motifs is 1. The first-order valence-corrected chi connectivity index (χ1v) is 8.69. The van der Waals surface area contributed by atoms with Crippen molar-refractivity contribution in [3.63, 3.8) is 0 Å². The van der Waals surface area contributed by atoms with E-state index in [0.717, 1.165) is 23.0 Å². The van der Waals surface area contributed by atoms with Crippen LogP contribution in [0.15, 0.2) is 72.8 Å². The van der Waals surface area contributed by atoms with Crippen molar-refractivity contribution in [3.05, 3.63) is 78.4 Å². The van der Waals surface area contributed by atoms with Crippen LogP contribution in [0.2, 0.25) is 0 Å². The second kappa shape index (κ2) is 7.95. The molecule has 3 aromatic rings. The van der Waals surface area contributed by atoms with E-state index < -0.39 is 0 Å². The fourth-order valence-electron chi connectivity index (χ4n) is 3.19. The largest absolute Gasteiger partial charge is 0.311 e. The molecule has 1 amide bonds. The van der Waals surface area contributed by atoms with E-state index in [1.165, 1.54) is 5.56 Å². The fourth-order valence-corrected chi connectivity index (χ4v) is 3.19. The molecule has 0 spiro atoms. The van der Waals surface area contributed by atoms with Crippen LogP contribution in [0, 0.1) is 0 Å². The molecule has 0 heterocycles. The van der Waals surface area contributed by atoms with Gasteiger partial charge in [0, 0.05) is 18.5 Å². The summed E-state index contributed by atoms with van der Waals surface area (Å²) in [4.78, 5) is 16.8. The Morgan fingerprint density at radius 1 is 0.880 bits per heavy atom. The molecule has 3 heteroatoms. The summed E-state index contributed by atoms with van der Waals surface area (Å²) >= 11 is 0. The predicted molar refractivity (Wildman–Crippen MR) is 105 cm³/mol. The first-order chi connectivity index (χ1) is 12.2. The van der Waals surface area contributed by atoms with Crippen LogP contribution in [0.5, 0.6) is 0 Å². The Morgan fingerprint density at radius 2 is 1.56 bits per heavy atom. The number of carbonyl (C=O) groups excluding carboxylic acids is 1. The minimum atomic E-state index is 0.122. The minimum absolute atomic E-state index is 0.122. The number of carbonyl (C=O) groups is 1. The van der Waals surface area contributed by atoms with Gasteiger partial charge in [-0.2, -0.15) is 0 Å². The monoisotopic (exact) mass is 332 g/mol. The number of anilines is 1. The average molecular weight is 332 g/mol. The van der Waals surface area contributed by atoms with Gasteiger partial charge in [-0.15, -0.1) is 0 Å². The van der Waals surface area contributed by atoms with Crippen LogP contribution in [0.3, 0.4) is 0 Å². The van der Waals surface area contributed by atoms with Gasteiger partial charge in [0.15, 0.2) is 0 Å². The van der Waals surface area contributed by atoms with E-state index in [2.05, 4.69) is 35.2 Å². The van der Waals surface area contributed by atoms with Gasteiger partial charge in [-0.3, -0.25) is 9.69 Å². The van der Waals surface area contributed by atoms with Gasteiger partial charge >= 0.3 is 0 Å². The SMILES string of the molecule is CCN(C(=O)CN(C)Cc1ccccc1)c1cccc2ccccc12. The van der Waals surface area contributed by atoms with E-state index in [4.69, 9.17) is 0 Å². The fraction of sp³-hybridized carbons (Fsp3) is 0.227. The van der Waals surface area contributed by atoms with Gasteiger partial charge in [0.1, 0.15) is 0 Å². The third-order valence-electron chi connectivity index (χ3n) is 4.38. The summed E-state index contributed by atoms with van der Waals surface area (Å²) in [6.45, 7) is 3.84. The molecule has 25 heavy (non-hydrogen) atoms. The van der Waals surface area contributed by atoms with Gasteiger partial charge in [0.2, 0.25) is 5.91 Å². The Labute approximate surface area is 149 Å². The second-order valence-electron chi connectivity index (χ2n) is 6.29. The molecule has 0 unspecified atom stereocenters. The number of nitrogens with zero attached hydrogens (tertiary/aromatic N) is 2. The van der Waals surface area contributed by atoms with Gasteiger partial charge in [-0.05, 0) is 31.0 Å². The van der Waals surface area contributed by atoms with Crippen LogP contribution in [0.4, 0.5) is 5.69 Å². The standard InChI is InChI=1S/C22H24N2O/c1-3-24(21-15-9-13-19-12-7-8-14-20(19)21)22(25)17-23(2)16-18-10-5-4-6-11-18/h4-15H,3,16-17H2,1-2H3. The van der Waals surface area contributed by atoms with Crippen LogP contribution in [-0.4, -0.2) is 30.9 Å². The van der Waals surface area contributed by atoms with E-state index in [-0.39, 0.29) is 5.91 Å². The Hall–Kier alpha value is -2.65. The predicted octanol–water partition coefficient (Wildman–Crippen LogP) is 4.32. The molecule has 3 aromatic carbocycles. The summed E-state index contributed by atoms with van der Waals surface area (Å²) in [5, 5.41) is 2.27. The van der Waals surface area contributed by atoms with Gasteiger partial charge in [0.05, 0.1) is 12.2 Å². The van der Waals surface area contributed by atoms with Crippen molar-refractivity contribution in [2.75, 3.05) is 25.0 Å². The van der Waals surface area contributed by atoms with E-state index in [1.807, 2.05) is 61.3 Å². The van der Waals surface area contributed by atoms with E-state index in [9.17, 15) is 4.79 Å². The van der Waals surface area contributed by atoms with Crippen LogP contribution in [0.25, 0.3) is 10.8 Å². The molecule has 0 radical (unpaired) electrons. The highest BCUT2D eigenvalue weighted by Gasteiger charge is 2.17. The van der Waals surface area contributed by atoms with Crippen molar-refractivity contribution in [1.82, 2.24) is 4.90 Å². The maximum absolute atomic E-state index is 12.9. The molecule has 128 valence electrons. The number of likely N-dealkylation sites (N-methyl/N-ethyl adjacent to an activating group) is 2. The number of rotatable bonds is 6. The van der Waals surface area contributed by atoms with Crippen molar-refractivity contribution in [2.45, 2.75) is 13.5 Å². The average Bonchev–Trinajstić information content (AvgIpc) is 2.63. The topological polar surface area (TPSA) is 23.6 Å². The van der Waals surface area contributed by atoms with Crippen LogP contribution >= 0.6 is 0 Å². The van der Waals surface area contributed by atoms with Gasteiger partial charge in [0.25, 0.3) is 0 Å². The lowest BCUT2D eigenvalue weighted by Crippen LogP contribution is -2.38.